The molecule has 0 spiro atoms. The molecule has 0 heterocycles. The third kappa shape index (κ3) is 8.93. The molecule has 8 heteroatoms. The van der Waals surface area contributed by atoms with Crippen LogP contribution in [-0.2, 0) is 26.4 Å². The highest BCUT2D eigenvalue weighted by Gasteiger charge is 2.40. The van der Waals surface area contributed by atoms with Gasteiger partial charge in [0.1, 0.15) is 6.61 Å². The Hall–Kier alpha value is -5.13. The Kier molecular flexibility index (Phi) is 11.5. The van der Waals surface area contributed by atoms with Crippen LogP contribution in [0.3, 0.4) is 0 Å². The van der Waals surface area contributed by atoms with Crippen molar-refractivity contribution in [2.24, 2.45) is 0 Å². The predicted octanol–water partition coefficient (Wildman–Crippen LogP) is 7.45. The van der Waals surface area contributed by atoms with Crippen molar-refractivity contribution < 1.29 is 19.1 Å². The maximum absolute atomic E-state index is 13.2. The molecule has 0 aliphatic heterocycles. The second kappa shape index (κ2) is 15.9. The summed E-state index contributed by atoms with van der Waals surface area (Å²) in [5.41, 5.74) is 3.99. The van der Waals surface area contributed by atoms with E-state index in [2.05, 4.69) is 22.5 Å². The number of aryl methyl sites for hydroxylation is 2. The van der Waals surface area contributed by atoms with Crippen LogP contribution in [0, 0.1) is 25.1 Å². The molecule has 0 saturated heterocycles. The summed E-state index contributed by atoms with van der Waals surface area (Å²) in [7, 11) is 0. The van der Waals surface area contributed by atoms with Crippen LogP contribution in [0.25, 0.3) is 5.01 Å². The first kappa shape index (κ1) is 31.8. The van der Waals surface area contributed by atoms with Crippen LogP contribution < -0.4 is 5.32 Å². The summed E-state index contributed by atoms with van der Waals surface area (Å²) in [6, 6.07) is 36.2. The van der Waals surface area contributed by atoms with Gasteiger partial charge < -0.3 is 24.9 Å². The lowest BCUT2D eigenvalue weighted by Gasteiger charge is -2.25. The Bertz CT molecular complexity index is 1510. The summed E-state index contributed by atoms with van der Waals surface area (Å²) < 4.78 is 11.7. The standard InChI is InChI=1S/C36H37N3O5/c1-28-23-29(2)25-30(24-28)26-39(35(41)38-33-17-10-5-11-18-33)20-22-43-34(40)19-12-21-44-36(27-37-42,31-13-6-3-7-14-31)32-15-8-4-9-16-32/h3-11,13-18,23-25H,12,19-22,26H2,1-2H3,(H,38,41). The maximum atomic E-state index is 13.2. The van der Waals surface area contributed by atoms with Gasteiger partial charge in [-0.3, -0.25) is 4.79 Å². The van der Waals surface area contributed by atoms with Gasteiger partial charge in [0.2, 0.25) is 0 Å². The fourth-order valence-corrected chi connectivity index (χ4v) is 5.05. The lowest BCUT2D eigenvalue weighted by atomic mass is 9.87. The monoisotopic (exact) mass is 591 g/mol. The van der Waals surface area contributed by atoms with Gasteiger partial charge in [-0.2, -0.15) is 0 Å². The van der Waals surface area contributed by atoms with Gasteiger partial charge in [-0.05, 0) is 38.0 Å². The first-order valence-electron chi connectivity index (χ1n) is 14.6. The number of amides is 2. The summed E-state index contributed by atoms with van der Waals surface area (Å²) in [5.74, 6) is -0.407. The van der Waals surface area contributed by atoms with E-state index in [0.29, 0.717) is 29.8 Å². The molecule has 8 nitrogen and oxygen atoms in total. The molecule has 0 bridgehead atoms. The number of para-hydroxylation sites is 1. The zero-order valence-corrected chi connectivity index (χ0v) is 25.1. The molecule has 0 aliphatic carbocycles. The maximum Gasteiger partial charge on any atom is 0.344 e. The third-order valence-electron chi connectivity index (χ3n) is 7.00. The average molecular weight is 592 g/mol. The minimum absolute atomic E-state index is 0.0429. The van der Waals surface area contributed by atoms with E-state index in [0.717, 1.165) is 16.7 Å². The smallest absolute Gasteiger partial charge is 0.344 e. The Morgan fingerprint density at radius 2 is 1.41 bits per heavy atom. The summed E-state index contributed by atoms with van der Waals surface area (Å²) in [4.78, 5) is 27.4. The Balaban J connectivity index is 1.34. The molecule has 1 N–H and O–H groups in total. The Morgan fingerprint density at radius 1 is 0.841 bits per heavy atom. The molecule has 0 aliphatic rings. The third-order valence-corrected chi connectivity index (χ3v) is 7.00. The zero-order chi connectivity index (χ0) is 31.2. The fourth-order valence-electron chi connectivity index (χ4n) is 5.05. The molecule has 44 heavy (non-hydrogen) atoms. The number of benzene rings is 4. The van der Waals surface area contributed by atoms with Crippen molar-refractivity contribution in [1.29, 1.82) is 0 Å². The number of urea groups is 1. The van der Waals surface area contributed by atoms with E-state index in [9.17, 15) is 14.8 Å². The van der Waals surface area contributed by atoms with E-state index in [-0.39, 0.29) is 32.2 Å². The normalized spacial score (nSPS) is 10.8. The number of nitrogens with one attached hydrogen (secondary N) is 1. The van der Waals surface area contributed by atoms with Crippen molar-refractivity contribution >= 4 is 17.7 Å². The number of ether oxygens (including phenoxy) is 2. The van der Waals surface area contributed by atoms with Gasteiger partial charge in [0.05, 0.1) is 13.2 Å². The highest BCUT2D eigenvalue weighted by molar-refractivity contribution is 5.89. The summed E-state index contributed by atoms with van der Waals surface area (Å²) in [5, 5.41) is 17.3. The van der Waals surface area contributed by atoms with Crippen LogP contribution in [0.15, 0.2) is 109 Å². The van der Waals surface area contributed by atoms with Crippen LogP contribution in [0.4, 0.5) is 10.5 Å². The quantitative estimate of drug-likeness (QED) is 0.0990. The van der Waals surface area contributed by atoms with Crippen molar-refractivity contribution in [3.05, 3.63) is 147 Å². The number of rotatable bonds is 13. The van der Waals surface area contributed by atoms with Gasteiger partial charge in [0.25, 0.3) is 5.60 Å². The highest BCUT2D eigenvalue weighted by Crippen LogP contribution is 2.33. The Morgan fingerprint density at radius 3 is 1.98 bits per heavy atom. The van der Waals surface area contributed by atoms with Gasteiger partial charge in [0, 0.05) is 34.8 Å². The molecule has 4 aromatic rings. The van der Waals surface area contributed by atoms with Crippen molar-refractivity contribution in [2.75, 3.05) is 25.1 Å². The van der Waals surface area contributed by atoms with Crippen molar-refractivity contribution in [3.63, 3.8) is 0 Å². The molecular formula is C36H37N3O5. The predicted molar refractivity (Wildman–Crippen MR) is 172 cm³/mol. The number of carbonyl (C=O) groups is 2. The fraction of sp³-hybridized carbons (Fsp3) is 0.250. The van der Waals surface area contributed by atoms with E-state index >= 15 is 0 Å². The first-order valence-corrected chi connectivity index (χ1v) is 14.6. The van der Waals surface area contributed by atoms with Crippen molar-refractivity contribution in [1.82, 2.24) is 4.90 Å². The van der Waals surface area contributed by atoms with E-state index in [1.54, 1.807) is 4.90 Å². The largest absolute Gasteiger partial charge is 0.498 e. The van der Waals surface area contributed by atoms with Crippen LogP contribution in [0.5, 0.6) is 0 Å². The zero-order valence-electron chi connectivity index (χ0n) is 25.1. The van der Waals surface area contributed by atoms with Crippen LogP contribution in [0.2, 0.25) is 0 Å². The lowest BCUT2D eigenvalue weighted by Crippen LogP contribution is -2.37. The topological polar surface area (TPSA) is 95.3 Å². The van der Waals surface area contributed by atoms with E-state index in [1.165, 1.54) is 0 Å². The highest BCUT2D eigenvalue weighted by atomic mass is 16.5. The number of hydrogen-bond donors (Lipinski definition) is 1. The summed E-state index contributed by atoms with van der Waals surface area (Å²) >= 11 is 0. The molecule has 0 unspecified atom stereocenters. The Labute approximate surface area is 258 Å². The van der Waals surface area contributed by atoms with Crippen LogP contribution in [-0.4, -0.2) is 36.7 Å². The molecule has 4 rings (SSSR count). The molecule has 0 radical (unpaired) electrons. The summed E-state index contributed by atoms with van der Waals surface area (Å²) in [6.07, 6.45) is 0.447. The minimum atomic E-state index is -1.31. The molecule has 0 atom stereocenters. The molecule has 226 valence electrons. The van der Waals surface area contributed by atoms with Crippen LogP contribution >= 0.6 is 0 Å². The number of nitrogens with zero attached hydrogens (tertiary/aromatic N) is 2. The van der Waals surface area contributed by atoms with E-state index < -0.39 is 11.6 Å². The van der Waals surface area contributed by atoms with Crippen molar-refractivity contribution in [2.45, 2.75) is 38.8 Å². The molecule has 4 aromatic carbocycles. The summed E-state index contributed by atoms with van der Waals surface area (Å²) in [6.45, 7) is 4.82. The molecular weight excluding hydrogens is 554 g/mol. The number of anilines is 1. The number of hydrogen-bond acceptors (Lipinski definition) is 5. The van der Waals surface area contributed by atoms with Crippen molar-refractivity contribution in [3.8, 4) is 6.07 Å². The molecule has 0 saturated carbocycles. The lowest BCUT2D eigenvalue weighted by molar-refractivity contribution is -0.144. The van der Waals surface area contributed by atoms with Gasteiger partial charge in [-0.1, -0.05) is 108 Å². The van der Waals surface area contributed by atoms with Gasteiger partial charge in [-0.15, -0.1) is 0 Å². The van der Waals surface area contributed by atoms with E-state index in [4.69, 9.17) is 9.47 Å². The van der Waals surface area contributed by atoms with Crippen LogP contribution in [0.1, 0.15) is 40.7 Å². The SMILES string of the molecule is Cc1cc(C)cc(CN(CCOC(=O)CCCOC(C#[N+][O-])(c2ccccc2)c2ccccc2)C(=O)Nc2ccccc2)c1. The number of esters is 1. The van der Waals surface area contributed by atoms with Gasteiger partial charge in [-0.25, -0.2) is 4.79 Å². The second-order valence-electron chi connectivity index (χ2n) is 10.5. The molecule has 2 amide bonds. The first-order chi connectivity index (χ1) is 21.4. The van der Waals surface area contributed by atoms with Gasteiger partial charge >= 0.3 is 18.1 Å². The minimum Gasteiger partial charge on any atom is -0.498 e. The second-order valence-corrected chi connectivity index (χ2v) is 10.5. The number of carbonyl (C=O) groups excluding carboxylic acids is 2. The average Bonchev–Trinajstić information content (AvgIpc) is 3.03. The molecule has 0 fully saturated rings. The van der Waals surface area contributed by atoms with Gasteiger partial charge in [0.15, 0.2) is 0 Å². The van der Waals surface area contributed by atoms with E-state index in [1.807, 2.05) is 117 Å². The molecule has 0 aromatic heterocycles.